The van der Waals surface area contributed by atoms with E-state index in [1.54, 1.807) is 0 Å². The molecule has 4 N–H and O–H groups in total. The molecule has 1 saturated heterocycles. The summed E-state index contributed by atoms with van der Waals surface area (Å²) in [5.41, 5.74) is -0.191. The standard InChI is InChI=1S/C18H17Cl3N4O9S2/c1-6(26)33-2-7-3-35-14-9(13(29)25(14)10(7)15(30)31)23-12(28)11(27)8-4-36-16(22-8)24-17(32)34-5-18(19,20)21/h4,9,11,14,27H,2-3,5H2,1H3,(H,23,28)(H,30,31)(H,22,24,32)/t9-,11?,14-/m1/s1. The van der Waals surface area contributed by atoms with Crippen LogP contribution >= 0.6 is 57.9 Å². The van der Waals surface area contributed by atoms with Gasteiger partial charge in [0.25, 0.3) is 11.8 Å². The average Bonchev–Trinajstić information content (AvgIpc) is 3.26. The molecule has 0 aromatic carbocycles. The second-order valence-corrected chi connectivity index (χ2v) is 11.7. The van der Waals surface area contributed by atoms with Crippen LogP contribution in [0.2, 0.25) is 0 Å². The third kappa shape index (κ3) is 6.72. The third-order valence-corrected chi connectivity index (χ3v) is 7.07. The van der Waals surface area contributed by atoms with Gasteiger partial charge in [-0.25, -0.2) is 14.6 Å². The molecule has 36 heavy (non-hydrogen) atoms. The number of fused-ring (bicyclic) bond motifs is 1. The molecule has 18 heteroatoms. The summed E-state index contributed by atoms with van der Waals surface area (Å²) in [6, 6.07) is -1.10. The van der Waals surface area contributed by atoms with E-state index in [0.717, 1.165) is 16.2 Å². The minimum Gasteiger partial charge on any atom is -0.477 e. The number of esters is 1. The lowest BCUT2D eigenvalue weighted by atomic mass is 10.0. The monoisotopic (exact) mass is 602 g/mol. The Bertz CT molecular complexity index is 1120. The van der Waals surface area contributed by atoms with Gasteiger partial charge in [-0.15, -0.1) is 23.1 Å². The third-order valence-electron chi connectivity index (χ3n) is 4.62. The summed E-state index contributed by atoms with van der Waals surface area (Å²) in [4.78, 5) is 64.6. The van der Waals surface area contributed by atoms with Crippen LogP contribution in [-0.4, -0.2) is 84.1 Å². The van der Waals surface area contributed by atoms with Crippen LogP contribution in [0.25, 0.3) is 0 Å². The molecular weight excluding hydrogens is 587 g/mol. The molecule has 1 aromatic heterocycles. The molecule has 2 aliphatic heterocycles. The lowest BCUT2D eigenvalue weighted by Gasteiger charge is -2.49. The van der Waals surface area contributed by atoms with Crippen LogP contribution in [-0.2, 0) is 28.7 Å². The molecule has 196 valence electrons. The van der Waals surface area contributed by atoms with E-state index in [-0.39, 0.29) is 34.5 Å². The fourth-order valence-corrected chi connectivity index (χ4v) is 5.29. The molecule has 3 atom stereocenters. The normalized spacial score (nSPS) is 20.1. The van der Waals surface area contributed by atoms with Crippen LogP contribution in [0.3, 0.4) is 0 Å². The van der Waals surface area contributed by atoms with E-state index in [2.05, 4.69) is 20.4 Å². The molecule has 1 aromatic rings. The number of carboxylic acids is 1. The zero-order valence-electron chi connectivity index (χ0n) is 18.0. The van der Waals surface area contributed by atoms with Gasteiger partial charge in [0.2, 0.25) is 3.79 Å². The summed E-state index contributed by atoms with van der Waals surface area (Å²) >= 11 is 18.5. The largest absolute Gasteiger partial charge is 0.477 e. The predicted octanol–water partition coefficient (Wildman–Crippen LogP) is 1.40. The number of carbonyl (C=O) groups excluding carboxylic acids is 4. The minimum atomic E-state index is -1.81. The number of anilines is 1. The Morgan fingerprint density at radius 3 is 2.61 bits per heavy atom. The molecular formula is C18H17Cl3N4O9S2. The maximum atomic E-state index is 12.7. The quantitative estimate of drug-likeness (QED) is 0.191. The predicted molar refractivity (Wildman–Crippen MR) is 129 cm³/mol. The number of nitrogens with zero attached hydrogens (tertiary/aromatic N) is 2. The molecule has 0 saturated carbocycles. The Kier molecular flexibility index (Phi) is 8.95. The maximum Gasteiger partial charge on any atom is 0.413 e. The SMILES string of the molecule is CC(=O)OCC1=C(C(=O)O)N2C(=O)[C@@H](NC(=O)C(O)c3csc(NC(=O)OCC(Cl)(Cl)Cl)n3)[C@H]2SC1. The van der Waals surface area contributed by atoms with Gasteiger partial charge in [-0.3, -0.25) is 24.6 Å². The number of rotatable bonds is 8. The van der Waals surface area contributed by atoms with Crippen molar-refractivity contribution in [3.8, 4) is 0 Å². The number of carbonyl (C=O) groups is 5. The van der Waals surface area contributed by atoms with Crippen molar-refractivity contribution in [1.82, 2.24) is 15.2 Å². The number of ether oxygens (including phenoxy) is 2. The van der Waals surface area contributed by atoms with Crippen molar-refractivity contribution < 1.29 is 43.7 Å². The van der Waals surface area contributed by atoms with Gasteiger partial charge >= 0.3 is 18.0 Å². The van der Waals surface area contributed by atoms with Gasteiger partial charge < -0.3 is 25.0 Å². The Morgan fingerprint density at radius 2 is 2.00 bits per heavy atom. The molecule has 3 amide bonds. The number of thioether (sulfide) groups is 1. The summed E-state index contributed by atoms with van der Waals surface area (Å²) in [7, 11) is 0. The summed E-state index contributed by atoms with van der Waals surface area (Å²) in [5, 5.41) is 25.1. The Hall–Kier alpha value is -2.30. The average molecular weight is 604 g/mol. The van der Waals surface area contributed by atoms with Crippen LogP contribution < -0.4 is 10.6 Å². The Morgan fingerprint density at radius 1 is 1.31 bits per heavy atom. The highest BCUT2D eigenvalue weighted by Crippen LogP contribution is 2.40. The van der Waals surface area contributed by atoms with Crippen molar-refractivity contribution in [3.05, 3.63) is 22.3 Å². The van der Waals surface area contributed by atoms with Crippen molar-refractivity contribution in [1.29, 1.82) is 0 Å². The number of β-lactam (4-membered cyclic amide) rings is 1. The highest BCUT2D eigenvalue weighted by atomic mass is 35.6. The number of alkyl halides is 3. The number of nitrogens with one attached hydrogen (secondary N) is 2. The van der Waals surface area contributed by atoms with Crippen molar-refractivity contribution in [2.75, 3.05) is 24.3 Å². The van der Waals surface area contributed by atoms with Crippen LogP contribution in [0.1, 0.15) is 18.7 Å². The van der Waals surface area contributed by atoms with Gasteiger partial charge in [0.05, 0.1) is 5.69 Å². The molecule has 0 radical (unpaired) electrons. The number of hydrogen-bond acceptors (Lipinski definition) is 11. The fraction of sp³-hybridized carbons (Fsp3) is 0.444. The summed E-state index contributed by atoms with van der Waals surface area (Å²) in [6.07, 6.45) is -2.77. The first-order valence-corrected chi connectivity index (χ1v) is 12.8. The molecule has 13 nitrogen and oxygen atoms in total. The number of thiazole rings is 1. The van der Waals surface area contributed by atoms with Crippen molar-refractivity contribution in [3.63, 3.8) is 0 Å². The maximum absolute atomic E-state index is 12.7. The van der Waals surface area contributed by atoms with E-state index < -0.39 is 57.8 Å². The molecule has 0 aliphatic carbocycles. The zero-order chi connectivity index (χ0) is 26.8. The smallest absolute Gasteiger partial charge is 0.413 e. The minimum absolute atomic E-state index is 0.0172. The van der Waals surface area contributed by atoms with Crippen molar-refractivity contribution in [2.45, 2.75) is 28.2 Å². The van der Waals surface area contributed by atoms with E-state index in [4.69, 9.17) is 39.5 Å². The molecule has 1 fully saturated rings. The number of aromatic nitrogens is 1. The first kappa shape index (κ1) is 28.3. The lowest BCUT2D eigenvalue weighted by Crippen LogP contribution is -2.71. The van der Waals surface area contributed by atoms with Gasteiger partial charge in [0.1, 0.15) is 30.3 Å². The Labute approximate surface area is 226 Å². The molecule has 2 aliphatic rings. The van der Waals surface area contributed by atoms with Gasteiger partial charge in [0, 0.05) is 23.6 Å². The summed E-state index contributed by atoms with van der Waals surface area (Å²) in [5.74, 6) is -3.50. The van der Waals surface area contributed by atoms with E-state index >= 15 is 0 Å². The van der Waals surface area contributed by atoms with Crippen molar-refractivity contribution in [2.24, 2.45) is 0 Å². The number of aliphatic carboxylic acids is 1. The molecule has 0 spiro atoms. The van der Waals surface area contributed by atoms with Gasteiger partial charge in [-0.1, -0.05) is 34.8 Å². The van der Waals surface area contributed by atoms with E-state index in [1.165, 1.54) is 24.1 Å². The van der Waals surface area contributed by atoms with Crippen LogP contribution in [0.15, 0.2) is 16.7 Å². The molecule has 3 heterocycles. The van der Waals surface area contributed by atoms with E-state index in [9.17, 15) is 34.2 Å². The van der Waals surface area contributed by atoms with Gasteiger partial charge in [-0.05, 0) is 0 Å². The summed E-state index contributed by atoms with van der Waals surface area (Å²) in [6.45, 7) is 0.363. The van der Waals surface area contributed by atoms with Crippen LogP contribution in [0.5, 0.6) is 0 Å². The van der Waals surface area contributed by atoms with Crippen LogP contribution in [0.4, 0.5) is 9.93 Å². The first-order valence-electron chi connectivity index (χ1n) is 9.76. The van der Waals surface area contributed by atoms with Crippen molar-refractivity contribution >= 4 is 92.9 Å². The summed E-state index contributed by atoms with van der Waals surface area (Å²) < 4.78 is 7.74. The van der Waals surface area contributed by atoms with Crippen LogP contribution in [0, 0.1) is 0 Å². The van der Waals surface area contributed by atoms with Gasteiger partial charge in [0.15, 0.2) is 11.2 Å². The first-order chi connectivity index (χ1) is 16.8. The molecule has 0 bridgehead atoms. The molecule has 1 unspecified atom stereocenters. The zero-order valence-corrected chi connectivity index (χ0v) is 21.9. The second-order valence-electron chi connectivity index (χ2n) is 7.23. The fourth-order valence-electron chi connectivity index (χ4n) is 3.09. The number of hydrogen-bond donors (Lipinski definition) is 4. The number of halogens is 3. The number of amides is 3. The highest BCUT2D eigenvalue weighted by Gasteiger charge is 2.54. The van der Waals surface area contributed by atoms with Gasteiger partial charge in [-0.2, -0.15) is 0 Å². The Balaban J connectivity index is 1.60. The number of aliphatic hydroxyl groups is 1. The molecule has 3 rings (SSSR count). The lowest BCUT2D eigenvalue weighted by molar-refractivity contribution is -0.152. The topological polar surface area (TPSA) is 184 Å². The highest BCUT2D eigenvalue weighted by molar-refractivity contribution is 8.00. The second kappa shape index (κ2) is 11.4. The number of aliphatic hydroxyl groups excluding tert-OH is 1. The van der Waals surface area contributed by atoms with E-state index in [0.29, 0.717) is 0 Å². The number of carboxylic acid groups (broad SMARTS) is 1. The van der Waals surface area contributed by atoms with E-state index in [1.807, 2.05) is 0 Å².